The molecule has 0 saturated carbocycles. The predicted molar refractivity (Wildman–Crippen MR) is 55.9 cm³/mol. The summed E-state index contributed by atoms with van der Waals surface area (Å²) in [5, 5.41) is 21.7. The van der Waals surface area contributed by atoms with Gasteiger partial charge < -0.3 is 10.2 Å². The Kier molecular flexibility index (Phi) is 10.5. The molecule has 0 amide bonds. The van der Waals surface area contributed by atoms with Crippen LogP contribution in [0.2, 0.25) is 0 Å². The van der Waals surface area contributed by atoms with Gasteiger partial charge in [0.2, 0.25) is 0 Å². The molecule has 2 nitrogen and oxygen atoms in total. The average molecular weight is 294 g/mol. The van der Waals surface area contributed by atoms with Crippen LogP contribution in [0.25, 0.3) is 0 Å². The number of rotatable bonds is 2. The smallest absolute Gasteiger partial charge is 0.872 e. The van der Waals surface area contributed by atoms with Crippen molar-refractivity contribution in [1.29, 1.82) is 0 Å². The zero-order chi connectivity index (χ0) is 10.7. The molecule has 0 bridgehead atoms. The Morgan fingerprint density at radius 3 is 1.18 bits per heavy atom. The molecule has 0 fully saturated rings. The number of benzene rings is 2. The van der Waals surface area contributed by atoms with Crippen LogP contribution in [-0.2, 0) is 0 Å². The maximum absolute atomic E-state index is 10.9. The molecule has 5 heteroatoms. The summed E-state index contributed by atoms with van der Waals surface area (Å²) < 4.78 is 0. The van der Waals surface area contributed by atoms with Gasteiger partial charge in [-0.15, -0.1) is 11.5 Å². The molecular formula is C12H8K2O2S. The van der Waals surface area contributed by atoms with E-state index >= 15 is 0 Å². The summed E-state index contributed by atoms with van der Waals surface area (Å²) >= 11 is 1.53. The van der Waals surface area contributed by atoms with E-state index in [0.29, 0.717) is 0 Å². The van der Waals surface area contributed by atoms with Gasteiger partial charge in [-0.05, 0) is 24.3 Å². The molecule has 0 spiro atoms. The topological polar surface area (TPSA) is 46.1 Å². The van der Waals surface area contributed by atoms with Crippen LogP contribution in [-0.4, -0.2) is 0 Å². The van der Waals surface area contributed by atoms with E-state index in [9.17, 15) is 10.2 Å². The van der Waals surface area contributed by atoms with E-state index in [4.69, 9.17) is 0 Å². The standard InChI is InChI=1S/C12H10O2S.2K/c13-9-1-5-11(6-2-9)15-12-7-3-10(14)4-8-12;;/h1-8,13-14H;;/q;2*+1/p-2. The van der Waals surface area contributed by atoms with Gasteiger partial charge in [0.15, 0.2) is 0 Å². The fourth-order valence-corrected chi connectivity index (χ4v) is 1.97. The van der Waals surface area contributed by atoms with Crippen LogP contribution in [0.3, 0.4) is 0 Å². The first-order valence-electron chi connectivity index (χ1n) is 4.46. The fraction of sp³-hybridized carbons (Fsp3) is 0. The Bertz CT molecular complexity index is 400. The quantitative estimate of drug-likeness (QED) is 0.530. The van der Waals surface area contributed by atoms with Crippen molar-refractivity contribution in [2.24, 2.45) is 0 Å². The third-order valence-electron chi connectivity index (χ3n) is 1.88. The summed E-state index contributed by atoms with van der Waals surface area (Å²) in [5.74, 6) is 0.0171. The Labute approximate surface area is 190 Å². The Balaban J connectivity index is 0.00000128. The largest absolute Gasteiger partial charge is 1.00 e. The summed E-state index contributed by atoms with van der Waals surface area (Å²) in [5.41, 5.74) is 0. The van der Waals surface area contributed by atoms with Crippen LogP contribution in [0.4, 0.5) is 0 Å². The van der Waals surface area contributed by atoms with Crippen LogP contribution in [0.5, 0.6) is 11.5 Å². The summed E-state index contributed by atoms with van der Waals surface area (Å²) in [6.07, 6.45) is 0. The van der Waals surface area contributed by atoms with Crippen LogP contribution in [0.15, 0.2) is 58.3 Å². The summed E-state index contributed by atoms with van der Waals surface area (Å²) in [6, 6.07) is 13.2. The van der Waals surface area contributed by atoms with Crippen LogP contribution >= 0.6 is 11.8 Å². The predicted octanol–water partition coefficient (Wildman–Crippen LogP) is -4.01. The van der Waals surface area contributed by atoms with Gasteiger partial charge >= 0.3 is 103 Å². The van der Waals surface area contributed by atoms with Crippen LogP contribution < -0.4 is 113 Å². The first-order chi connectivity index (χ1) is 7.24. The van der Waals surface area contributed by atoms with Crippen LogP contribution in [0.1, 0.15) is 0 Å². The van der Waals surface area contributed by atoms with Crippen molar-refractivity contribution in [3.8, 4) is 11.5 Å². The van der Waals surface area contributed by atoms with Crippen molar-refractivity contribution in [3.63, 3.8) is 0 Å². The summed E-state index contributed by atoms with van der Waals surface area (Å²) in [7, 11) is 0. The van der Waals surface area contributed by atoms with Gasteiger partial charge in [0.1, 0.15) is 0 Å². The third-order valence-corrected chi connectivity index (χ3v) is 2.90. The molecule has 0 saturated heterocycles. The van der Waals surface area contributed by atoms with Crippen molar-refractivity contribution in [1.82, 2.24) is 0 Å². The SMILES string of the molecule is [K+].[K+].[O-]c1ccc(Sc2ccc([O-])cc2)cc1. The fourth-order valence-electron chi connectivity index (χ4n) is 1.15. The van der Waals surface area contributed by atoms with Crippen molar-refractivity contribution < 1.29 is 113 Å². The van der Waals surface area contributed by atoms with E-state index in [2.05, 4.69) is 0 Å². The molecule has 0 N–H and O–H groups in total. The van der Waals surface area contributed by atoms with Gasteiger partial charge in [-0.25, -0.2) is 0 Å². The molecule has 0 aliphatic rings. The second kappa shape index (κ2) is 9.55. The monoisotopic (exact) mass is 294 g/mol. The average Bonchev–Trinajstić information content (AvgIpc) is 2.25. The van der Waals surface area contributed by atoms with Crippen LogP contribution in [0, 0.1) is 0 Å². The normalized spacial score (nSPS) is 8.94. The zero-order valence-electron chi connectivity index (χ0n) is 9.84. The molecular weight excluding hydrogens is 286 g/mol. The van der Waals surface area contributed by atoms with Gasteiger partial charge in [0.25, 0.3) is 0 Å². The minimum absolute atomic E-state index is 0. The number of hydrogen-bond acceptors (Lipinski definition) is 3. The molecule has 17 heavy (non-hydrogen) atoms. The van der Waals surface area contributed by atoms with E-state index in [1.165, 1.54) is 36.0 Å². The van der Waals surface area contributed by atoms with Crippen molar-refractivity contribution in [2.45, 2.75) is 9.79 Å². The van der Waals surface area contributed by atoms with E-state index in [1.807, 2.05) is 0 Å². The molecule has 0 atom stereocenters. The molecule has 0 unspecified atom stereocenters. The zero-order valence-corrected chi connectivity index (χ0v) is 16.9. The van der Waals surface area contributed by atoms with E-state index < -0.39 is 0 Å². The van der Waals surface area contributed by atoms with E-state index in [0.717, 1.165) is 9.79 Å². The van der Waals surface area contributed by atoms with E-state index in [1.54, 1.807) is 24.3 Å². The van der Waals surface area contributed by atoms with Crippen molar-refractivity contribution in [3.05, 3.63) is 48.5 Å². The first kappa shape index (κ1) is 18.7. The minimum atomic E-state index is 0. The Morgan fingerprint density at radius 1 is 0.588 bits per heavy atom. The molecule has 2 rings (SSSR count). The Morgan fingerprint density at radius 2 is 0.882 bits per heavy atom. The second-order valence-electron chi connectivity index (χ2n) is 3.04. The Hall–Kier alpha value is 1.66. The van der Waals surface area contributed by atoms with Crippen molar-refractivity contribution >= 4 is 11.8 Å². The molecule has 2 aromatic rings. The molecule has 0 aliphatic heterocycles. The first-order valence-corrected chi connectivity index (χ1v) is 5.28. The third kappa shape index (κ3) is 6.58. The molecule has 76 valence electrons. The van der Waals surface area contributed by atoms with Gasteiger partial charge in [0.05, 0.1) is 0 Å². The maximum Gasteiger partial charge on any atom is 1.00 e. The van der Waals surface area contributed by atoms with Gasteiger partial charge in [-0.1, -0.05) is 36.0 Å². The minimum Gasteiger partial charge on any atom is -0.872 e. The maximum atomic E-state index is 10.9. The molecule has 0 aromatic heterocycles. The molecule has 0 aliphatic carbocycles. The van der Waals surface area contributed by atoms with Crippen molar-refractivity contribution in [2.75, 3.05) is 0 Å². The van der Waals surface area contributed by atoms with Gasteiger partial charge in [-0.3, -0.25) is 0 Å². The summed E-state index contributed by atoms with van der Waals surface area (Å²) in [6.45, 7) is 0. The molecule has 2 aromatic carbocycles. The van der Waals surface area contributed by atoms with E-state index in [-0.39, 0.29) is 114 Å². The van der Waals surface area contributed by atoms with Gasteiger partial charge in [-0.2, -0.15) is 0 Å². The summed E-state index contributed by atoms with van der Waals surface area (Å²) in [4.78, 5) is 1.99. The number of hydrogen-bond donors (Lipinski definition) is 0. The molecule has 0 radical (unpaired) electrons. The molecule has 0 heterocycles. The van der Waals surface area contributed by atoms with Gasteiger partial charge in [0, 0.05) is 9.79 Å². The second-order valence-corrected chi connectivity index (χ2v) is 4.19.